The summed E-state index contributed by atoms with van der Waals surface area (Å²) in [6.45, 7) is 7.20. The van der Waals surface area contributed by atoms with Crippen molar-refractivity contribution in [3.63, 3.8) is 0 Å². The van der Waals surface area contributed by atoms with E-state index in [1.807, 2.05) is 6.92 Å². The molecule has 20 heavy (non-hydrogen) atoms. The van der Waals surface area contributed by atoms with Crippen molar-refractivity contribution in [2.45, 2.75) is 39.2 Å². The third-order valence-corrected chi connectivity index (χ3v) is 5.25. The van der Waals surface area contributed by atoms with E-state index in [2.05, 4.69) is 28.7 Å². The summed E-state index contributed by atoms with van der Waals surface area (Å²) in [6, 6.07) is 0. The summed E-state index contributed by atoms with van der Waals surface area (Å²) >= 11 is 1.23. The summed E-state index contributed by atoms with van der Waals surface area (Å²) in [6.07, 6.45) is 3.79. The second-order valence-corrected chi connectivity index (χ2v) is 6.81. The number of nitrogens with zero attached hydrogens (tertiary/aromatic N) is 3. The highest BCUT2D eigenvalue weighted by Crippen LogP contribution is 2.40. The average Bonchev–Trinajstić information content (AvgIpc) is 2.90. The molecule has 0 unspecified atom stereocenters. The molecule has 106 valence electrons. The molecule has 0 atom stereocenters. The molecule has 3 rings (SSSR count). The molecule has 1 N–H and O–H groups in total. The number of rotatable bonds is 2. The van der Waals surface area contributed by atoms with Gasteiger partial charge in [0, 0.05) is 12.1 Å². The molecular weight excluding hydrogens is 274 g/mol. The molecule has 0 radical (unpaired) electrons. The molecule has 2 aromatic rings. The molecule has 3 heterocycles. The lowest BCUT2D eigenvalue weighted by molar-refractivity contribution is 0.0701. The number of fused-ring (bicyclic) bond motifs is 1. The fourth-order valence-corrected chi connectivity index (χ4v) is 3.94. The van der Waals surface area contributed by atoms with E-state index in [9.17, 15) is 9.90 Å². The minimum Gasteiger partial charge on any atom is -0.477 e. The van der Waals surface area contributed by atoms with Crippen molar-refractivity contribution in [2.24, 2.45) is 0 Å². The first-order chi connectivity index (χ1) is 9.42. The fraction of sp³-hybridized carbons (Fsp3) is 0.500. The summed E-state index contributed by atoms with van der Waals surface area (Å²) in [7, 11) is 0. The maximum atomic E-state index is 11.3. The Morgan fingerprint density at radius 3 is 2.80 bits per heavy atom. The molecule has 5 nitrogen and oxygen atoms in total. The van der Waals surface area contributed by atoms with Crippen molar-refractivity contribution in [1.82, 2.24) is 9.97 Å². The van der Waals surface area contributed by atoms with Gasteiger partial charge in [0.05, 0.1) is 5.39 Å². The molecule has 0 bridgehead atoms. The van der Waals surface area contributed by atoms with Crippen LogP contribution in [0.1, 0.15) is 41.9 Å². The van der Waals surface area contributed by atoms with Crippen LogP contribution in [-0.4, -0.2) is 33.1 Å². The van der Waals surface area contributed by atoms with Gasteiger partial charge in [-0.05, 0) is 39.2 Å². The van der Waals surface area contributed by atoms with Gasteiger partial charge >= 0.3 is 5.97 Å². The zero-order chi connectivity index (χ0) is 14.5. The van der Waals surface area contributed by atoms with E-state index in [1.165, 1.54) is 17.7 Å². The second-order valence-electron chi connectivity index (χ2n) is 5.81. The van der Waals surface area contributed by atoms with Crippen LogP contribution in [0.5, 0.6) is 0 Å². The normalized spacial score (nSPS) is 17.9. The first-order valence-corrected chi connectivity index (χ1v) is 7.48. The van der Waals surface area contributed by atoms with Gasteiger partial charge in [-0.3, -0.25) is 0 Å². The van der Waals surface area contributed by atoms with Crippen LogP contribution in [0.4, 0.5) is 5.82 Å². The van der Waals surface area contributed by atoms with Crippen LogP contribution in [0.15, 0.2) is 6.33 Å². The number of carboxylic acids is 1. The fourth-order valence-electron chi connectivity index (χ4n) is 2.96. The van der Waals surface area contributed by atoms with Crippen molar-refractivity contribution >= 4 is 33.3 Å². The maximum absolute atomic E-state index is 11.3. The Balaban J connectivity index is 2.24. The van der Waals surface area contributed by atoms with E-state index in [-0.39, 0.29) is 5.54 Å². The number of carbonyl (C=O) groups is 1. The van der Waals surface area contributed by atoms with Gasteiger partial charge in [0.25, 0.3) is 0 Å². The number of hydrogen-bond donors (Lipinski definition) is 1. The van der Waals surface area contributed by atoms with Gasteiger partial charge in [-0.25, -0.2) is 14.8 Å². The minimum atomic E-state index is -0.892. The Labute approximate surface area is 121 Å². The first-order valence-electron chi connectivity index (χ1n) is 6.67. The molecular formula is C14H17N3O2S. The van der Waals surface area contributed by atoms with Gasteiger partial charge in [0.2, 0.25) is 0 Å². The third kappa shape index (κ3) is 1.86. The number of carboxylic acid groups (broad SMARTS) is 1. The smallest absolute Gasteiger partial charge is 0.346 e. The number of thiophene rings is 1. The standard InChI is InChI=1S/C14H17N3O2S/c1-8-9-11(17-6-4-5-14(17,2)3)15-7-16-12(9)20-10(8)13(18)19/h7H,4-6H2,1-3H3,(H,18,19). The molecule has 0 spiro atoms. The molecule has 1 aliphatic heterocycles. The van der Waals surface area contributed by atoms with Crippen LogP contribution in [0.3, 0.4) is 0 Å². The summed E-state index contributed by atoms with van der Waals surface area (Å²) in [4.78, 5) is 23.4. The molecule has 0 aliphatic carbocycles. The molecule has 0 amide bonds. The number of anilines is 1. The minimum absolute atomic E-state index is 0.0546. The summed E-state index contributed by atoms with van der Waals surface area (Å²) in [5.74, 6) is -0.0177. The molecule has 0 saturated carbocycles. The van der Waals surface area contributed by atoms with Crippen LogP contribution in [0.25, 0.3) is 10.2 Å². The van der Waals surface area contributed by atoms with Gasteiger partial charge in [-0.1, -0.05) is 0 Å². The van der Waals surface area contributed by atoms with Crippen LogP contribution in [0, 0.1) is 6.92 Å². The maximum Gasteiger partial charge on any atom is 0.346 e. The molecule has 6 heteroatoms. The largest absolute Gasteiger partial charge is 0.477 e. The molecule has 0 aromatic carbocycles. The molecule has 1 saturated heterocycles. The first kappa shape index (κ1) is 13.3. The predicted molar refractivity (Wildman–Crippen MR) is 79.8 cm³/mol. The van der Waals surface area contributed by atoms with Gasteiger partial charge < -0.3 is 10.0 Å². The lowest BCUT2D eigenvalue weighted by Gasteiger charge is -2.33. The number of aromatic carboxylic acids is 1. The lowest BCUT2D eigenvalue weighted by atomic mass is 10.0. The lowest BCUT2D eigenvalue weighted by Crippen LogP contribution is -2.38. The second kappa shape index (κ2) is 4.41. The van der Waals surface area contributed by atoms with Crippen LogP contribution < -0.4 is 4.90 Å². The van der Waals surface area contributed by atoms with Crippen molar-refractivity contribution in [1.29, 1.82) is 0 Å². The molecule has 2 aromatic heterocycles. The quantitative estimate of drug-likeness (QED) is 0.921. The van der Waals surface area contributed by atoms with E-state index >= 15 is 0 Å². The topological polar surface area (TPSA) is 66.3 Å². The summed E-state index contributed by atoms with van der Waals surface area (Å²) in [5.41, 5.74) is 0.828. The highest BCUT2D eigenvalue weighted by Gasteiger charge is 2.34. The van der Waals surface area contributed by atoms with Gasteiger partial charge in [0.15, 0.2) is 0 Å². The van der Waals surface area contributed by atoms with E-state index in [0.717, 1.165) is 41.0 Å². The highest BCUT2D eigenvalue weighted by molar-refractivity contribution is 7.20. The van der Waals surface area contributed by atoms with Crippen LogP contribution >= 0.6 is 11.3 Å². The van der Waals surface area contributed by atoms with E-state index in [1.54, 1.807) is 0 Å². The Morgan fingerprint density at radius 1 is 1.45 bits per heavy atom. The van der Waals surface area contributed by atoms with Gasteiger partial charge in [0.1, 0.15) is 21.9 Å². The van der Waals surface area contributed by atoms with Crippen molar-refractivity contribution in [3.05, 3.63) is 16.8 Å². The summed E-state index contributed by atoms with van der Waals surface area (Å²) in [5, 5.41) is 10.2. The Hall–Kier alpha value is -1.69. The van der Waals surface area contributed by atoms with E-state index in [0.29, 0.717) is 4.88 Å². The summed E-state index contributed by atoms with van der Waals surface area (Å²) < 4.78 is 0. The van der Waals surface area contributed by atoms with Crippen molar-refractivity contribution in [3.8, 4) is 0 Å². The number of hydrogen-bond acceptors (Lipinski definition) is 5. The predicted octanol–water partition coefficient (Wildman–Crippen LogP) is 3.08. The average molecular weight is 291 g/mol. The van der Waals surface area contributed by atoms with E-state index < -0.39 is 5.97 Å². The van der Waals surface area contributed by atoms with E-state index in [4.69, 9.17) is 0 Å². The van der Waals surface area contributed by atoms with Crippen molar-refractivity contribution < 1.29 is 9.90 Å². The Kier molecular flexibility index (Phi) is 2.93. The molecule has 1 fully saturated rings. The Morgan fingerprint density at radius 2 is 2.20 bits per heavy atom. The highest BCUT2D eigenvalue weighted by atomic mass is 32.1. The SMILES string of the molecule is Cc1c(C(=O)O)sc2ncnc(N3CCCC3(C)C)c12. The Bertz CT molecular complexity index is 693. The monoisotopic (exact) mass is 291 g/mol. The zero-order valence-electron chi connectivity index (χ0n) is 11.8. The zero-order valence-corrected chi connectivity index (χ0v) is 12.6. The van der Waals surface area contributed by atoms with Gasteiger partial charge in [-0.2, -0.15) is 0 Å². The number of aromatic nitrogens is 2. The number of aryl methyl sites for hydroxylation is 1. The molecule has 1 aliphatic rings. The van der Waals surface area contributed by atoms with Gasteiger partial charge in [-0.15, -0.1) is 11.3 Å². The third-order valence-electron chi connectivity index (χ3n) is 4.06. The van der Waals surface area contributed by atoms with Crippen LogP contribution in [-0.2, 0) is 0 Å². The van der Waals surface area contributed by atoms with Crippen LogP contribution in [0.2, 0.25) is 0 Å². The van der Waals surface area contributed by atoms with Crippen molar-refractivity contribution in [2.75, 3.05) is 11.4 Å².